The first kappa shape index (κ1) is 16.1. The SMILES string of the molecule is CN1C[C@@H]2C[C@H]1CN2C(=O)Nc1cc2cc(-c3cnccn3)ccc2cn1. The lowest BCUT2D eigenvalue weighted by atomic mass is 10.1. The molecule has 136 valence electrons. The van der Waals surface area contributed by atoms with E-state index in [4.69, 9.17) is 0 Å². The van der Waals surface area contributed by atoms with Crippen molar-refractivity contribution in [3.63, 3.8) is 0 Å². The third kappa shape index (κ3) is 2.90. The predicted molar refractivity (Wildman–Crippen MR) is 103 cm³/mol. The number of benzene rings is 1. The van der Waals surface area contributed by atoms with E-state index in [1.807, 2.05) is 29.2 Å². The molecule has 1 N–H and O–H groups in total. The van der Waals surface area contributed by atoms with Crippen LogP contribution in [0.5, 0.6) is 0 Å². The van der Waals surface area contributed by atoms with Gasteiger partial charge in [0.15, 0.2) is 0 Å². The Kier molecular flexibility index (Phi) is 3.75. The summed E-state index contributed by atoms with van der Waals surface area (Å²) in [7, 11) is 2.12. The summed E-state index contributed by atoms with van der Waals surface area (Å²) in [6.07, 6.45) is 7.93. The van der Waals surface area contributed by atoms with Gasteiger partial charge in [-0.3, -0.25) is 20.2 Å². The molecule has 0 spiro atoms. The molecule has 7 nitrogen and oxygen atoms in total. The van der Waals surface area contributed by atoms with Crippen molar-refractivity contribution in [2.45, 2.75) is 18.5 Å². The van der Waals surface area contributed by atoms with E-state index in [-0.39, 0.29) is 6.03 Å². The fourth-order valence-electron chi connectivity index (χ4n) is 4.11. The number of hydrogen-bond donors (Lipinski definition) is 1. The second-order valence-corrected chi connectivity index (χ2v) is 7.29. The van der Waals surface area contributed by atoms with Crippen molar-refractivity contribution in [3.05, 3.63) is 49.1 Å². The van der Waals surface area contributed by atoms with Gasteiger partial charge in [0.2, 0.25) is 0 Å². The number of likely N-dealkylation sites (N-methyl/N-ethyl adjacent to an activating group) is 1. The molecule has 1 aromatic carbocycles. The summed E-state index contributed by atoms with van der Waals surface area (Å²) in [6, 6.07) is 8.70. The highest BCUT2D eigenvalue weighted by atomic mass is 16.2. The van der Waals surface area contributed by atoms with Gasteiger partial charge >= 0.3 is 6.03 Å². The van der Waals surface area contributed by atoms with Crippen molar-refractivity contribution in [3.8, 4) is 11.3 Å². The summed E-state index contributed by atoms with van der Waals surface area (Å²) in [6.45, 7) is 1.74. The summed E-state index contributed by atoms with van der Waals surface area (Å²) >= 11 is 0. The molecular weight excluding hydrogens is 340 g/mol. The van der Waals surface area contributed by atoms with Crippen molar-refractivity contribution in [2.24, 2.45) is 0 Å². The van der Waals surface area contributed by atoms with Gasteiger partial charge in [0.1, 0.15) is 5.82 Å². The van der Waals surface area contributed by atoms with Crippen LogP contribution in [0.3, 0.4) is 0 Å². The Morgan fingerprint density at radius 3 is 2.74 bits per heavy atom. The molecule has 0 aliphatic carbocycles. The zero-order valence-corrected chi connectivity index (χ0v) is 15.0. The minimum Gasteiger partial charge on any atom is -0.319 e. The molecule has 7 heteroatoms. The van der Waals surface area contributed by atoms with Crippen LogP contribution >= 0.6 is 0 Å². The Labute approximate surface area is 157 Å². The number of piperazine rings is 1. The number of carbonyl (C=O) groups is 1. The van der Waals surface area contributed by atoms with Gasteiger partial charge in [-0.05, 0) is 31.0 Å². The fraction of sp³-hybridized carbons (Fsp3) is 0.300. The minimum absolute atomic E-state index is 0.0625. The number of nitrogens with one attached hydrogen (secondary N) is 1. The normalized spacial score (nSPS) is 21.7. The maximum absolute atomic E-state index is 12.7. The monoisotopic (exact) mass is 360 g/mol. The fourth-order valence-corrected chi connectivity index (χ4v) is 4.11. The quantitative estimate of drug-likeness (QED) is 0.760. The first-order valence-electron chi connectivity index (χ1n) is 9.11. The maximum atomic E-state index is 12.7. The van der Waals surface area contributed by atoms with Crippen LogP contribution in [0.4, 0.5) is 10.6 Å². The molecule has 2 aromatic heterocycles. The Bertz CT molecular complexity index is 1010. The lowest BCUT2D eigenvalue weighted by Gasteiger charge is -2.31. The van der Waals surface area contributed by atoms with Crippen LogP contribution in [-0.2, 0) is 0 Å². The zero-order valence-electron chi connectivity index (χ0n) is 15.0. The zero-order chi connectivity index (χ0) is 18.4. The van der Waals surface area contributed by atoms with E-state index in [1.165, 1.54) is 0 Å². The summed E-state index contributed by atoms with van der Waals surface area (Å²) in [5.41, 5.74) is 1.80. The molecule has 27 heavy (non-hydrogen) atoms. The number of aromatic nitrogens is 3. The first-order valence-corrected chi connectivity index (χ1v) is 9.11. The minimum atomic E-state index is -0.0625. The van der Waals surface area contributed by atoms with Crippen LogP contribution < -0.4 is 5.32 Å². The molecule has 2 atom stereocenters. The first-order chi connectivity index (χ1) is 13.2. The van der Waals surface area contributed by atoms with Crippen molar-refractivity contribution >= 4 is 22.6 Å². The second kappa shape index (κ2) is 6.28. The van der Waals surface area contributed by atoms with Gasteiger partial charge in [-0.1, -0.05) is 12.1 Å². The maximum Gasteiger partial charge on any atom is 0.323 e. The molecule has 5 rings (SSSR count). The number of rotatable bonds is 2. The molecule has 0 unspecified atom stereocenters. The Morgan fingerprint density at radius 2 is 2.00 bits per heavy atom. The number of hydrogen-bond acceptors (Lipinski definition) is 5. The van der Waals surface area contributed by atoms with Gasteiger partial charge in [-0.2, -0.15) is 0 Å². The molecule has 0 radical (unpaired) electrons. The molecule has 2 aliphatic rings. The lowest BCUT2D eigenvalue weighted by Crippen LogP contribution is -2.48. The van der Waals surface area contributed by atoms with Gasteiger partial charge < -0.3 is 4.90 Å². The van der Waals surface area contributed by atoms with E-state index in [0.717, 1.165) is 41.5 Å². The third-order valence-corrected chi connectivity index (χ3v) is 5.59. The number of amides is 2. The van der Waals surface area contributed by atoms with Crippen molar-refractivity contribution in [1.29, 1.82) is 0 Å². The van der Waals surface area contributed by atoms with E-state index in [0.29, 0.717) is 17.9 Å². The highest BCUT2D eigenvalue weighted by Gasteiger charge is 2.43. The molecular formula is C20H20N6O. The van der Waals surface area contributed by atoms with Crippen molar-refractivity contribution in [1.82, 2.24) is 24.8 Å². The van der Waals surface area contributed by atoms with Crippen LogP contribution in [0.15, 0.2) is 49.1 Å². The lowest BCUT2D eigenvalue weighted by molar-refractivity contribution is 0.161. The third-order valence-electron chi connectivity index (χ3n) is 5.59. The predicted octanol–water partition coefficient (Wildman–Crippen LogP) is 2.61. The average molecular weight is 360 g/mol. The van der Waals surface area contributed by atoms with Crippen LogP contribution in [-0.4, -0.2) is 63.0 Å². The molecule has 0 saturated carbocycles. The van der Waals surface area contributed by atoms with Gasteiger partial charge in [-0.15, -0.1) is 0 Å². The van der Waals surface area contributed by atoms with Crippen LogP contribution in [0.25, 0.3) is 22.0 Å². The van der Waals surface area contributed by atoms with Crippen molar-refractivity contribution < 1.29 is 4.79 Å². The number of pyridine rings is 1. The van der Waals surface area contributed by atoms with Crippen LogP contribution in [0.1, 0.15) is 6.42 Å². The van der Waals surface area contributed by atoms with E-state index in [2.05, 4.69) is 32.2 Å². The smallest absolute Gasteiger partial charge is 0.319 e. The highest BCUT2D eigenvalue weighted by Crippen LogP contribution is 2.30. The van der Waals surface area contributed by atoms with Gasteiger partial charge in [-0.25, -0.2) is 9.78 Å². The Morgan fingerprint density at radius 1 is 1.07 bits per heavy atom. The summed E-state index contributed by atoms with van der Waals surface area (Å²) < 4.78 is 0. The molecule has 2 saturated heterocycles. The van der Waals surface area contributed by atoms with Gasteiger partial charge in [0.25, 0.3) is 0 Å². The number of urea groups is 1. The van der Waals surface area contributed by atoms with Crippen molar-refractivity contribution in [2.75, 3.05) is 25.5 Å². The van der Waals surface area contributed by atoms with Crippen LogP contribution in [0.2, 0.25) is 0 Å². The molecule has 3 aromatic rings. The molecule has 2 aliphatic heterocycles. The van der Waals surface area contributed by atoms with E-state index >= 15 is 0 Å². The number of fused-ring (bicyclic) bond motifs is 3. The van der Waals surface area contributed by atoms with Gasteiger partial charge in [0.05, 0.1) is 11.9 Å². The molecule has 2 amide bonds. The Hall–Kier alpha value is -3.06. The number of likely N-dealkylation sites (tertiary alicyclic amines) is 2. The standard InChI is InChI=1S/C20H20N6O/c1-25-11-17-8-16(25)12-26(17)20(27)24-19-7-15-6-13(2-3-14(15)9-23-19)18-10-21-4-5-22-18/h2-7,9-10,16-17H,8,11-12H2,1H3,(H,23,24,27)/t16-,17-/m0/s1. The topological polar surface area (TPSA) is 74.2 Å². The summed E-state index contributed by atoms with van der Waals surface area (Å²) in [5.74, 6) is 0.569. The Balaban J connectivity index is 1.38. The van der Waals surface area contributed by atoms with Gasteiger partial charge in [0, 0.05) is 54.7 Å². The van der Waals surface area contributed by atoms with E-state index in [9.17, 15) is 4.79 Å². The summed E-state index contributed by atoms with van der Waals surface area (Å²) in [5, 5.41) is 4.99. The average Bonchev–Trinajstić information content (AvgIpc) is 3.27. The molecule has 2 fully saturated rings. The number of carbonyl (C=O) groups excluding carboxylic acids is 1. The number of anilines is 1. The summed E-state index contributed by atoms with van der Waals surface area (Å²) in [4.78, 5) is 29.8. The number of nitrogens with zero attached hydrogens (tertiary/aromatic N) is 5. The highest BCUT2D eigenvalue weighted by molar-refractivity contribution is 5.93. The molecule has 2 bridgehead atoms. The largest absolute Gasteiger partial charge is 0.323 e. The van der Waals surface area contributed by atoms with E-state index in [1.54, 1.807) is 24.8 Å². The van der Waals surface area contributed by atoms with E-state index < -0.39 is 0 Å². The molecule has 4 heterocycles. The van der Waals surface area contributed by atoms with Crippen LogP contribution in [0, 0.1) is 0 Å². The second-order valence-electron chi connectivity index (χ2n) is 7.29.